The maximum atomic E-state index is 9.97. The molecule has 2 N–H and O–H groups in total. The standard InChI is InChI=1S/C10H22O2Si/c1-10(2,13(3,4)12)8-6-5-7-9-11/h5,7,11-12H,6,8-9H2,1-4H3/b7-5-. The van der Waals surface area contributed by atoms with Crippen LogP contribution in [0, 0.1) is 0 Å². The molecule has 0 amide bonds. The largest absolute Gasteiger partial charge is 0.432 e. The second kappa shape index (κ2) is 4.93. The van der Waals surface area contributed by atoms with Gasteiger partial charge in [-0.05, 0) is 31.0 Å². The SMILES string of the molecule is CC(C)(CC/C=C\CO)[Si](C)(C)O. The molecular formula is C10H22O2Si. The van der Waals surface area contributed by atoms with E-state index in [0.717, 1.165) is 12.8 Å². The van der Waals surface area contributed by atoms with Crippen LogP contribution in [0.5, 0.6) is 0 Å². The summed E-state index contributed by atoms with van der Waals surface area (Å²) in [6.45, 7) is 8.30. The first-order chi connectivity index (χ1) is 5.81. The highest BCUT2D eigenvalue weighted by Gasteiger charge is 2.36. The van der Waals surface area contributed by atoms with E-state index in [2.05, 4.69) is 13.8 Å². The molecule has 0 spiro atoms. The van der Waals surface area contributed by atoms with Crippen LogP contribution >= 0.6 is 0 Å². The summed E-state index contributed by atoms with van der Waals surface area (Å²) < 4.78 is 0. The lowest BCUT2D eigenvalue weighted by Crippen LogP contribution is -2.38. The summed E-state index contributed by atoms with van der Waals surface area (Å²) in [6.07, 6.45) is 5.65. The Morgan fingerprint density at radius 1 is 1.23 bits per heavy atom. The molecule has 0 radical (unpaired) electrons. The van der Waals surface area contributed by atoms with Crippen LogP contribution in [-0.2, 0) is 0 Å². The van der Waals surface area contributed by atoms with E-state index < -0.39 is 8.32 Å². The third-order valence-electron chi connectivity index (χ3n) is 2.86. The predicted octanol–water partition coefficient (Wildman–Crippen LogP) is 2.29. The summed E-state index contributed by atoms with van der Waals surface area (Å²) in [5.41, 5.74) is 0. The smallest absolute Gasteiger partial charge is 0.188 e. The number of aliphatic hydroxyl groups excluding tert-OH is 1. The van der Waals surface area contributed by atoms with Gasteiger partial charge in [0.15, 0.2) is 8.32 Å². The Hall–Kier alpha value is -0.123. The van der Waals surface area contributed by atoms with Gasteiger partial charge in [-0.25, -0.2) is 0 Å². The highest BCUT2D eigenvalue weighted by molar-refractivity contribution is 6.72. The lowest BCUT2D eigenvalue weighted by Gasteiger charge is -2.34. The molecule has 0 saturated heterocycles. The summed E-state index contributed by atoms with van der Waals surface area (Å²) in [7, 11) is -2.04. The summed E-state index contributed by atoms with van der Waals surface area (Å²) in [5, 5.41) is 8.58. The van der Waals surface area contributed by atoms with Crippen LogP contribution in [0.25, 0.3) is 0 Å². The minimum atomic E-state index is -2.04. The number of hydrogen-bond donors (Lipinski definition) is 2. The quantitative estimate of drug-likeness (QED) is 0.530. The van der Waals surface area contributed by atoms with E-state index in [1.54, 1.807) is 6.08 Å². The molecule has 0 bridgehead atoms. The molecular weight excluding hydrogens is 180 g/mol. The Balaban J connectivity index is 3.97. The summed E-state index contributed by atoms with van der Waals surface area (Å²) in [4.78, 5) is 9.97. The molecule has 0 heterocycles. The average Bonchev–Trinajstić information content (AvgIpc) is 1.96. The molecule has 0 fully saturated rings. The molecule has 3 heteroatoms. The van der Waals surface area contributed by atoms with E-state index in [-0.39, 0.29) is 11.6 Å². The van der Waals surface area contributed by atoms with Crippen molar-refractivity contribution >= 4 is 8.32 Å². The average molecular weight is 202 g/mol. The fraction of sp³-hybridized carbons (Fsp3) is 0.800. The number of rotatable bonds is 5. The molecule has 0 atom stereocenters. The third-order valence-corrected chi connectivity index (χ3v) is 6.43. The van der Waals surface area contributed by atoms with Crippen molar-refractivity contribution in [3.8, 4) is 0 Å². The van der Waals surface area contributed by atoms with Crippen LogP contribution in [0.1, 0.15) is 26.7 Å². The first-order valence-corrected chi connectivity index (χ1v) is 7.74. The summed E-state index contributed by atoms with van der Waals surface area (Å²) in [6, 6.07) is 0. The van der Waals surface area contributed by atoms with Gasteiger partial charge in [0.1, 0.15) is 0 Å². The molecule has 13 heavy (non-hydrogen) atoms. The van der Waals surface area contributed by atoms with Gasteiger partial charge < -0.3 is 9.90 Å². The van der Waals surface area contributed by atoms with Crippen molar-refractivity contribution in [3.05, 3.63) is 12.2 Å². The van der Waals surface area contributed by atoms with E-state index >= 15 is 0 Å². The summed E-state index contributed by atoms with van der Waals surface area (Å²) in [5.74, 6) is 0. The van der Waals surface area contributed by atoms with Crippen molar-refractivity contribution in [3.63, 3.8) is 0 Å². The van der Waals surface area contributed by atoms with E-state index in [0.29, 0.717) is 0 Å². The molecule has 0 aromatic heterocycles. The van der Waals surface area contributed by atoms with Gasteiger partial charge in [-0.3, -0.25) is 0 Å². The van der Waals surface area contributed by atoms with Crippen molar-refractivity contribution in [1.29, 1.82) is 0 Å². The van der Waals surface area contributed by atoms with Crippen molar-refractivity contribution < 1.29 is 9.90 Å². The minimum absolute atomic E-state index is 0.0484. The highest BCUT2D eigenvalue weighted by Crippen LogP contribution is 2.39. The maximum absolute atomic E-state index is 9.97. The Kier molecular flexibility index (Phi) is 4.89. The third kappa shape index (κ3) is 4.60. The van der Waals surface area contributed by atoms with Crippen LogP contribution in [0.2, 0.25) is 18.1 Å². The molecule has 0 saturated carbocycles. The van der Waals surface area contributed by atoms with Crippen molar-refractivity contribution in [2.24, 2.45) is 0 Å². The second-order valence-electron chi connectivity index (χ2n) is 4.64. The Morgan fingerprint density at radius 2 is 1.77 bits per heavy atom. The van der Waals surface area contributed by atoms with Crippen molar-refractivity contribution in [2.45, 2.75) is 44.8 Å². The zero-order chi connectivity index (χ0) is 10.5. The Labute approximate surface area is 82.4 Å². The van der Waals surface area contributed by atoms with Gasteiger partial charge in [0.2, 0.25) is 0 Å². The molecule has 0 aliphatic heterocycles. The van der Waals surface area contributed by atoms with E-state index in [1.807, 2.05) is 19.2 Å². The topological polar surface area (TPSA) is 40.5 Å². The highest BCUT2D eigenvalue weighted by atomic mass is 28.4. The first-order valence-electron chi connectivity index (χ1n) is 4.79. The van der Waals surface area contributed by atoms with Gasteiger partial charge in [-0.1, -0.05) is 26.0 Å². The number of allylic oxidation sites excluding steroid dienone is 1. The van der Waals surface area contributed by atoms with E-state index in [1.165, 1.54) is 0 Å². The van der Waals surface area contributed by atoms with Gasteiger partial charge in [0, 0.05) is 0 Å². The van der Waals surface area contributed by atoms with Crippen LogP contribution in [0.3, 0.4) is 0 Å². The molecule has 0 aliphatic rings. The van der Waals surface area contributed by atoms with Gasteiger partial charge in [0.05, 0.1) is 6.61 Å². The minimum Gasteiger partial charge on any atom is -0.432 e. The van der Waals surface area contributed by atoms with Crippen LogP contribution in [0.4, 0.5) is 0 Å². The van der Waals surface area contributed by atoms with Crippen LogP contribution in [0.15, 0.2) is 12.2 Å². The van der Waals surface area contributed by atoms with Gasteiger partial charge in [0.25, 0.3) is 0 Å². The molecule has 0 aromatic carbocycles. The molecule has 0 aromatic rings. The molecule has 78 valence electrons. The molecule has 0 rings (SSSR count). The van der Waals surface area contributed by atoms with Gasteiger partial charge >= 0.3 is 0 Å². The van der Waals surface area contributed by atoms with Crippen LogP contribution < -0.4 is 0 Å². The zero-order valence-corrected chi connectivity index (χ0v) is 10.2. The lowest BCUT2D eigenvalue weighted by molar-refractivity contribution is 0.342. The molecule has 0 aliphatic carbocycles. The number of aliphatic hydroxyl groups is 1. The van der Waals surface area contributed by atoms with E-state index in [4.69, 9.17) is 5.11 Å². The first kappa shape index (κ1) is 12.9. The lowest BCUT2D eigenvalue weighted by atomic mass is 10.1. The van der Waals surface area contributed by atoms with Crippen LogP contribution in [-0.4, -0.2) is 24.8 Å². The van der Waals surface area contributed by atoms with Crippen molar-refractivity contribution in [2.75, 3.05) is 6.61 Å². The number of hydrogen-bond acceptors (Lipinski definition) is 2. The molecule has 0 unspecified atom stereocenters. The van der Waals surface area contributed by atoms with Crippen molar-refractivity contribution in [1.82, 2.24) is 0 Å². The molecule has 2 nitrogen and oxygen atoms in total. The Bertz CT molecular complexity index is 168. The second-order valence-corrected chi connectivity index (χ2v) is 9.11. The monoisotopic (exact) mass is 202 g/mol. The fourth-order valence-corrected chi connectivity index (χ4v) is 1.70. The van der Waals surface area contributed by atoms with Gasteiger partial charge in [-0.15, -0.1) is 0 Å². The normalized spacial score (nSPS) is 14.0. The Morgan fingerprint density at radius 3 is 2.15 bits per heavy atom. The fourth-order valence-electron chi connectivity index (χ4n) is 0.942. The van der Waals surface area contributed by atoms with Gasteiger partial charge in [-0.2, -0.15) is 0 Å². The summed E-state index contributed by atoms with van der Waals surface area (Å²) >= 11 is 0. The predicted molar refractivity (Wildman–Crippen MR) is 59.2 cm³/mol. The zero-order valence-electron chi connectivity index (χ0n) is 9.17. The maximum Gasteiger partial charge on any atom is 0.188 e. The van der Waals surface area contributed by atoms with E-state index in [9.17, 15) is 4.80 Å².